The van der Waals surface area contributed by atoms with Crippen molar-refractivity contribution >= 4 is 16.0 Å². The molecule has 0 aliphatic carbocycles. The molecule has 2 rings (SSSR count). The molecule has 23 heavy (non-hydrogen) atoms. The van der Waals surface area contributed by atoms with Gasteiger partial charge in [-0.05, 0) is 18.9 Å². The Morgan fingerprint density at radius 3 is 2.30 bits per heavy atom. The average Bonchev–Trinajstić information content (AvgIpc) is 2.92. The molecule has 0 saturated carbocycles. The lowest BCUT2D eigenvalue weighted by atomic mass is 10.2. The zero-order chi connectivity index (χ0) is 17.2. The maximum Gasteiger partial charge on any atom is 0.352 e. The number of carboxylic acids is 1. The maximum absolute atomic E-state index is 12.7. The molecule has 0 radical (unpaired) electrons. The summed E-state index contributed by atoms with van der Waals surface area (Å²) in [6.45, 7) is 9.74. The summed E-state index contributed by atoms with van der Waals surface area (Å²) in [4.78, 5) is 13.5. The molecule has 0 unspecified atom stereocenters. The lowest BCUT2D eigenvalue weighted by molar-refractivity contribution is 0.0685. The fourth-order valence-electron chi connectivity index (χ4n) is 2.88. The Labute approximate surface area is 137 Å². The van der Waals surface area contributed by atoms with Crippen molar-refractivity contribution in [1.29, 1.82) is 0 Å². The molecule has 1 aromatic heterocycles. The number of aromatic nitrogens is 1. The Morgan fingerprint density at radius 2 is 1.87 bits per heavy atom. The number of carboxylic acid groups (broad SMARTS) is 1. The van der Waals surface area contributed by atoms with Gasteiger partial charge in [-0.3, -0.25) is 0 Å². The number of sulfonamides is 1. The molecule has 0 aromatic carbocycles. The number of hydrogen-bond donors (Lipinski definition) is 1. The molecule has 0 amide bonds. The van der Waals surface area contributed by atoms with Crippen LogP contribution in [0, 0.1) is 5.92 Å². The van der Waals surface area contributed by atoms with Crippen LogP contribution < -0.4 is 0 Å². The van der Waals surface area contributed by atoms with Crippen molar-refractivity contribution in [2.24, 2.45) is 5.92 Å². The second-order valence-corrected chi connectivity index (χ2v) is 8.19. The van der Waals surface area contributed by atoms with Crippen LogP contribution >= 0.6 is 0 Å². The zero-order valence-electron chi connectivity index (χ0n) is 13.9. The van der Waals surface area contributed by atoms with Gasteiger partial charge < -0.3 is 14.6 Å². The van der Waals surface area contributed by atoms with E-state index in [1.807, 2.05) is 0 Å². The van der Waals surface area contributed by atoms with Crippen LogP contribution in [0.25, 0.3) is 0 Å². The van der Waals surface area contributed by atoms with Gasteiger partial charge in [0.1, 0.15) is 10.6 Å². The minimum Gasteiger partial charge on any atom is -0.477 e. The van der Waals surface area contributed by atoms with Gasteiger partial charge in [0.05, 0.1) is 0 Å². The molecule has 0 spiro atoms. The second-order valence-electron chi connectivity index (χ2n) is 6.25. The van der Waals surface area contributed by atoms with Crippen molar-refractivity contribution in [3.05, 3.63) is 18.0 Å². The summed E-state index contributed by atoms with van der Waals surface area (Å²) in [5.41, 5.74) is 0.00418. The normalized spacial score (nSPS) is 17.7. The van der Waals surface area contributed by atoms with Crippen LogP contribution in [0.3, 0.4) is 0 Å². The molecule has 1 N–H and O–H groups in total. The quantitative estimate of drug-likeness (QED) is 0.838. The van der Waals surface area contributed by atoms with E-state index in [1.165, 1.54) is 21.1 Å². The lowest BCUT2D eigenvalue weighted by Crippen LogP contribution is -2.49. The van der Waals surface area contributed by atoms with E-state index in [1.54, 1.807) is 6.92 Å². The number of rotatable bonds is 6. The number of carbonyl (C=O) groups is 1. The highest BCUT2D eigenvalue weighted by molar-refractivity contribution is 7.89. The van der Waals surface area contributed by atoms with E-state index in [9.17, 15) is 13.2 Å². The Kier molecular flexibility index (Phi) is 5.49. The van der Waals surface area contributed by atoms with Crippen LogP contribution in [-0.2, 0) is 16.6 Å². The highest BCUT2D eigenvalue weighted by Crippen LogP contribution is 2.21. The number of aryl methyl sites for hydroxylation is 1. The van der Waals surface area contributed by atoms with E-state index in [0.29, 0.717) is 38.6 Å². The van der Waals surface area contributed by atoms with Crippen LogP contribution in [0.1, 0.15) is 31.3 Å². The summed E-state index contributed by atoms with van der Waals surface area (Å²) in [6.07, 6.45) is 1.42. The Morgan fingerprint density at radius 1 is 1.26 bits per heavy atom. The fraction of sp³-hybridized carbons (Fsp3) is 0.667. The molecule has 2 heterocycles. The predicted octanol–water partition coefficient (Wildman–Crippen LogP) is 1.17. The molecular weight excluding hydrogens is 318 g/mol. The van der Waals surface area contributed by atoms with Gasteiger partial charge in [0.25, 0.3) is 0 Å². The third-order valence-corrected chi connectivity index (χ3v) is 5.89. The minimum absolute atomic E-state index is 0.00418. The summed E-state index contributed by atoms with van der Waals surface area (Å²) in [5, 5.41) is 9.17. The van der Waals surface area contributed by atoms with E-state index < -0.39 is 16.0 Å². The summed E-state index contributed by atoms with van der Waals surface area (Å²) < 4.78 is 28.3. The Hall–Kier alpha value is -1.38. The van der Waals surface area contributed by atoms with E-state index in [2.05, 4.69) is 18.7 Å². The van der Waals surface area contributed by atoms with Crippen LogP contribution in [0.5, 0.6) is 0 Å². The molecule has 0 atom stereocenters. The summed E-state index contributed by atoms with van der Waals surface area (Å²) in [5.74, 6) is -0.565. The molecule has 7 nitrogen and oxygen atoms in total. The minimum atomic E-state index is -3.64. The van der Waals surface area contributed by atoms with Crippen molar-refractivity contribution in [1.82, 2.24) is 13.8 Å². The monoisotopic (exact) mass is 343 g/mol. The predicted molar refractivity (Wildman–Crippen MR) is 87.1 cm³/mol. The SMILES string of the molecule is CCn1cc(S(=O)(=O)N2CCN(CC(C)C)CC2)cc1C(=O)O. The third kappa shape index (κ3) is 3.94. The van der Waals surface area contributed by atoms with Crippen molar-refractivity contribution in [2.75, 3.05) is 32.7 Å². The zero-order valence-corrected chi connectivity index (χ0v) is 14.7. The van der Waals surface area contributed by atoms with Crippen molar-refractivity contribution < 1.29 is 18.3 Å². The first-order chi connectivity index (χ1) is 10.8. The third-order valence-electron chi connectivity index (χ3n) is 4.02. The highest BCUT2D eigenvalue weighted by Gasteiger charge is 2.30. The maximum atomic E-state index is 12.7. The number of aromatic carboxylic acids is 1. The largest absolute Gasteiger partial charge is 0.477 e. The van der Waals surface area contributed by atoms with Gasteiger partial charge in [-0.25, -0.2) is 13.2 Å². The van der Waals surface area contributed by atoms with E-state index in [0.717, 1.165) is 6.54 Å². The first kappa shape index (κ1) is 18.0. The molecular formula is C15H25N3O4S. The number of hydrogen-bond acceptors (Lipinski definition) is 4. The first-order valence-corrected chi connectivity index (χ1v) is 9.35. The number of nitrogens with zero attached hydrogens (tertiary/aromatic N) is 3. The van der Waals surface area contributed by atoms with Gasteiger partial charge in [-0.1, -0.05) is 13.8 Å². The van der Waals surface area contributed by atoms with E-state index in [-0.39, 0.29) is 10.6 Å². The molecule has 130 valence electrons. The lowest BCUT2D eigenvalue weighted by Gasteiger charge is -2.34. The van der Waals surface area contributed by atoms with Crippen LogP contribution in [-0.4, -0.2) is 66.0 Å². The van der Waals surface area contributed by atoms with Crippen LogP contribution in [0.15, 0.2) is 17.2 Å². The molecule has 1 aliphatic heterocycles. The van der Waals surface area contributed by atoms with Crippen molar-refractivity contribution in [2.45, 2.75) is 32.2 Å². The van der Waals surface area contributed by atoms with E-state index >= 15 is 0 Å². The number of piperazine rings is 1. The first-order valence-electron chi connectivity index (χ1n) is 7.91. The summed E-state index contributed by atoms with van der Waals surface area (Å²) in [7, 11) is -3.64. The van der Waals surface area contributed by atoms with E-state index in [4.69, 9.17) is 5.11 Å². The van der Waals surface area contributed by atoms with Crippen molar-refractivity contribution in [3.63, 3.8) is 0 Å². The standard InChI is InChI=1S/C15H25N3O4S/c1-4-17-11-13(9-14(17)15(19)20)23(21,22)18-7-5-16(6-8-18)10-12(2)3/h9,11-12H,4-8,10H2,1-3H3,(H,19,20). The van der Waals surface area contributed by atoms with Gasteiger partial charge in [0.15, 0.2) is 0 Å². The van der Waals surface area contributed by atoms with Crippen molar-refractivity contribution in [3.8, 4) is 0 Å². The Bertz CT molecular complexity index is 658. The van der Waals surface area contributed by atoms with Crippen LogP contribution in [0.2, 0.25) is 0 Å². The topological polar surface area (TPSA) is 82.9 Å². The molecule has 1 saturated heterocycles. The van der Waals surface area contributed by atoms with Gasteiger partial charge in [-0.15, -0.1) is 0 Å². The molecule has 1 aromatic rings. The molecule has 8 heteroatoms. The molecule has 1 aliphatic rings. The second kappa shape index (κ2) is 7.02. The fourth-order valence-corrected chi connectivity index (χ4v) is 4.35. The smallest absolute Gasteiger partial charge is 0.352 e. The summed E-state index contributed by atoms with van der Waals surface area (Å²) >= 11 is 0. The van der Waals surface area contributed by atoms with Gasteiger partial charge >= 0.3 is 5.97 Å². The highest BCUT2D eigenvalue weighted by atomic mass is 32.2. The van der Waals surface area contributed by atoms with Gasteiger partial charge in [0.2, 0.25) is 10.0 Å². The molecule has 1 fully saturated rings. The Balaban J connectivity index is 2.15. The molecule has 0 bridgehead atoms. The van der Waals surface area contributed by atoms with Gasteiger partial charge in [-0.2, -0.15) is 4.31 Å². The van der Waals surface area contributed by atoms with Gasteiger partial charge in [0, 0.05) is 45.5 Å². The summed E-state index contributed by atoms with van der Waals surface area (Å²) in [6, 6.07) is 1.25. The average molecular weight is 343 g/mol. The van der Waals surface area contributed by atoms with Crippen LogP contribution in [0.4, 0.5) is 0 Å².